The van der Waals surface area contributed by atoms with Crippen LogP contribution < -0.4 is 16.4 Å². The fourth-order valence-electron chi connectivity index (χ4n) is 2.20. The third kappa shape index (κ3) is 1.99. The molecule has 1 amide bonds. The maximum absolute atomic E-state index is 11.2. The van der Waals surface area contributed by atoms with Gasteiger partial charge in [-0.25, -0.2) is 9.97 Å². The van der Waals surface area contributed by atoms with E-state index in [-0.39, 0.29) is 5.69 Å². The first-order chi connectivity index (χ1) is 9.15. The number of rotatable bonds is 2. The molecule has 0 saturated heterocycles. The van der Waals surface area contributed by atoms with E-state index in [1.807, 2.05) is 11.1 Å². The molecule has 2 aromatic rings. The molecule has 0 spiro atoms. The molecule has 7 heteroatoms. The van der Waals surface area contributed by atoms with E-state index in [0.717, 1.165) is 18.9 Å². The SMILES string of the molecule is NC(=O)c1ccc(N)c(N2CCn3ccnc3C2)n1. The van der Waals surface area contributed by atoms with Crippen LogP contribution in [0.2, 0.25) is 0 Å². The number of primary amides is 1. The zero-order valence-corrected chi connectivity index (χ0v) is 10.3. The molecule has 19 heavy (non-hydrogen) atoms. The number of nitrogens with two attached hydrogens (primary N) is 2. The number of aromatic nitrogens is 3. The quantitative estimate of drug-likeness (QED) is 0.788. The Kier molecular flexibility index (Phi) is 2.59. The first-order valence-corrected chi connectivity index (χ1v) is 5.96. The van der Waals surface area contributed by atoms with Gasteiger partial charge in [0.2, 0.25) is 0 Å². The van der Waals surface area contributed by atoms with Crippen LogP contribution in [-0.2, 0) is 13.1 Å². The van der Waals surface area contributed by atoms with Crippen LogP contribution in [0.5, 0.6) is 0 Å². The fraction of sp³-hybridized carbons (Fsp3) is 0.250. The van der Waals surface area contributed by atoms with E-state index < -0.39 is 5.91 Å². The third-order valence-corrected chi connectivity index (χ3v) is 3.20. The molecule has 0 aliphatic carbocycles. The van der Waals surface area contributed by atoms with Crippen molar-refractivity contribution in [3.05, 3.63) is 36.0 Å². The van der Waals surface area contributed by atoms with E-state index >= 15 is 0 Å². The number of nitrogens with zero attached hydrogens (tertiary/aromatic N) is 4. The van der Waals surface area contributed by atoms with Crippen molar-refractivity contribution in [1.29, 1.82) is 0 Å². The lowest BCUT2D eigenvalue weighted by Crippen LogP contribution is -2.35. The minimum Gasteiger partial charge on any atom is -0.396 e. The number of anilines is 2. The molecule has 1 aliphatic heterocycles. The molecule has 1 aliphatic rings. The molecule has 7 nitrogen and oxygen atoms in total. The Morgan fingerprint density at radius 3 is 2.95 bits per heavy atom. The number of carbonyl (C=O) groups excluding carboxylic acids is 1. The summed E-state index contributed by atoms with van der Waals surface area (Å²) in [5.41, 5.74) is 11.9. The van der Waals surface area contributed by atoms with Gasteiger partial charge >= 0.3 is 0 Å². The lowest BCUT2D eigenvalue weighted by Gasteiger charge is -2.29. The first-order valence-electron chi connectivity index (χ1n) is 5.96. The summed E-state index contributed by atoms with van der Waals surface area (Å²) in [6.07, 6.45) is 3.72. The Balaban J connectivity index is 1.95. The highest BCUT2D eigenvalue weighted by atomic mass is 16.1. The molecular formula is C12H14N6O. The van der Waals surface area contributed by atoms with Crippen LogP contribution in [0.3, 0.4) is 0 Å². The zero-order valence-electron chi connectivity index (χ0n) is 10.3. The molecular weight excluding hydrogens is 244 g/mol. The first kappa shape index (κ1) is 11.5. The molecule has 0 radical (unpaired) electrons. The molecule has 0 bridgehead atoms. The Hall–Kier alpha value is -2.57. The van der Waals surface area contributed by atoms with Gasteiger partial charge in [0, 0.05) is 25.5 Å². The summed E-state index contributed by atoms with van der Waals surface area (Å²) in [5, 5.41) is 0. The number of hydrogen-bond donors (Lipinski definition) is 2. The summed E-state index contributed by atoms with van der Waals surface area (Å²) in [6.45, 7) is 2.20. The number of carbonyl (C=O) groups is 1. The summed E-state index contributed by atoms with van der Waals surface area (Å²) in [7, 11) is 0. The van der Waals surface area contributed by atoms with Gasteiger partial charge in [0.15, 0.2) is 5.82 Å². The highest BCUT2D eigenvalue weighted by molar-refractivity contribution is 5.91. The number of hydrogen-bond acceptors (Lipinski definition) is 5. The molecule has 0 unspecified atom stereocenters. The topological polar surface area (TPSA) is 103 Å². The standard InChI is InChI=1S/C12H14N6O/c13-8-1-2-9(11(14)19)16-12(8)18-6-5-17-4-3-15-10(17)7-18/h1-4H,5-7,13H2,(H2,14,19). The van der Waals surface area contributed by atoms with Crippen molar-refractivity contribution in [3.8, 4) is 0 Å². The van der Waals surface area contributed by atoms with Crippen molar-refractivity contribution < 1.29 is 4.79 Å². The molecule has 0 aromatic carbocycles. The fourth-order valence-corrected chi connectivity index (χ4v) is 2.20. The van der Waals surface area contributed by atoms with Crippen molar-refractivity contribution in [2.75, 3.05) is 17.2 Å². The summed E-state index contributed by atoms with van der Waals surface area (Å²) in [5.74, 6) is 0.988. The van der Waals surface area contributed by atoms with Gasteiger partial charge in [-0.05, 0) is 12.1 Å². The highest BCUT2D eigenvalue weighted by Crippen LogP contribution is 2.24. The van der Waals surface area contributed by atoms with Crippen molar-refractivity contribution in [1.82, 2.24) is 14.5 Å². The van der Waals surface area contributed by atoms with Gasteiger partial charge in [0.1, 0.15) is 11.5 Å². The lowest BCUT2D eigenvalue weighted by atomic mass is 10.2. The van der Waals surface area contributed by atoms with E-state index in [0.29, 0.717) is 18.1 Å². The van der Waals surface area contributed by atoms with Crippen molar-refractivity contribution in [3.63, 3.8) is 0 Å². The molecule has 2 aromatic heterocycles. The molecule has 98 valence electrons. The van der Waals surface area contributed by atoms with E-state index in [1.165, 1.54) is 6.07 Å². The smallest absolute Gasteiger partial charge is 0.267 e. The summed E-state index contributed by atoms with van der Waals surface area (Å²) < 4.78 is 2.09. The van der Waals surface area contributed by atoms with Crippen LogP contribution in [0.25, 0.3) is 0 Å². The second-order valence-electron chi connectivity index (χ2n) is 4.43. The van der Waals surface area contributed by atoms with Gasteiger partial charge in [-0.15, -0.1) is 0 Å². The maximum Gasteiger partial charge on any atom is 0.267 e. The Morgan fingerprint density at radius 1 is 1.32 bits per heavy atom. The third-order valence-electron chi connectivity index (χ3n) is 3.20. The van der Waals surface area contributed by atoms with E-state index in [9.17, 15) is 4.79 Å². The van der Waals surface area contributed by atoms with Crippen molar-refractivity contribution in [2.24, 2.45) is 5.73 Å². The minimum atomic E-state index is -0.556. The number of amides is 1. The Bertz CT molecular complexity index is 635. The van der Waals surface area contributed by atoms with Gasteiger partial charge in [-0.2, -0.15) is 0 Å². The van der Waals surface area contributed by atoms with E-state index in [4.69, 9.17) is 11.5 Å². The van der Waals surface area contributed by atoms with Crippen LogP contribution in [0, 0.1) is 0 Å². The van der Waals surface area contributed by atoms with Crippen LogP contribution in [0.15, 0.2) is 24.5 Å². The lowest BCUT2D eigenvalue weighted by molar-refractivity contribution is 0.0995. The summed E-state index contributed by atoms with van der Waals surface area (Å²) in [4.78, 5) is 21.7. The molecule has 0 saturated carbocycles. The Morgan fingerprint density at radius 2 is 2.16 bits per heavy atom. The van der Waals surface area contributed by atoms with Gasteiger partial charge in [0.05, 0.1) is 12.2 Å². The zero-order chi connectivity index (χ0) is 13.4. The second-order valence-corrected chi connectivity index (χ2v) is 4.43. The van der Waals surface area contributed by atoms with E-state index in [1.54, 1.807) is 12.3 Å². The predicted molar refractivity (Wildman–Crippen MR) is 70.4 cm³/mol. The molecule has 0 fully saturated rings. The number of nitrogen functional groups attached to an aromatic ring is 1. The Labute approximate surface area is 109 Å². The number of imidazole rings is 1. The maximum atomic E-state index is 11.2. The van der Waals surface area contributed by atoms with Crippen LogP contribution >= 0.6 is 0 Å². The van der Waals surface area contributed by atoms with Crippen molar-refractivity contribution >= 4 is 17.4 Å². The van der Waals surface area contributed by atoms with Crippen LogP contribution in [0.1, 0.15) is 16.3 Å². The monoisotopic (exact) mass is 258 g/mol. The van der Waals surface area contributed by atoms with Crippen molar-refractivity contribution in [2.45, 2.75) is 13.1 Å². The van der Waals surface area contributed by atoms with Gasteiger partial charge in [-0.3, -0.25) is 4.79 Å². The summed E-state index contributed by atoms with van der Waals surface area (Å²) >= 11 is 0. The molecule has 3 heterocycles. The van der Waals surface area contributed by atoms with Gasteiger partial charge in [-0.1, -0.05) is 0 Å². The van der Waals surface area contributed by atoms with Crippen LogP contribution in [0.4, 0.5) is 11.5 Å². The highest BCUT2D eigenvalue weighted by Gasteiger charge is 2.20. The number of fused-ring (bicyclic) bond motifs is 1. The van der Waals surface area contributed by atoms with E-state index in [2.05, 4.69) is 14.5 Å². The number of pyridine rings is 1. The normalized spacial score (nSPS) is 14.2. The molecule has 0 atom stereocenters. The average Bonchev–Trinajstić information content (AvgIpc) is 2.86. The van der Waals surface area contributed by atoms with Gasteiger partial charge < -0.3 is 20.9 Å². The summed E-state index contributed by atoms with van der Waals surface area (Å²) in [6, 6.07) is 3.19. The average molecular weight is 258 g/mol. The molecule has 4 N–H and O–H groups in total. The predicted octanol–water partition coefficient (Wildman–Crippen LogP) is -0.0206. The van der Waals surface area contributed by atoms with Crippen LogP contribution in [-0.4, -0.2) is 27.0 Å². The minimum absolute atomic E-state index is 0.220. The van der Waals surface area contributed by atoms with Gasteiger partial charge in [0.25, 0.3) is 5.91 Å². The second kappa shape index (κ2) is 4.27. The largest absolute Gasteiger partial charge is 0.396 e. The molecule has 3 rings (SSSR count).